The van der Waals surface area contributed by atoms with Crippen molar-refractivity contribution < 1.29 is 4.79 Å². The third kappa shape index (κ3) is 2.19. The lowest BCUT2D eigenvalue weighted by Gasteiger charge is -2.08. The highest BCUT2D eigenvalue weighted by molar-refractivity contribution is 6.31. The first-order chi connectivity index (χ1) is 9.66. The molecule has 0 spiro atoms. The molecule has 3 aromatic rings. The summed E-state index contributed by atoms with van der Waals surface area (Å²) in [5.41, 5.74) is 2.15. The summed E-state index contributed by atoms with van der Waals surface area (Å²) in [6.45, 7) is 1.89. The summed E-state index contributed by atoms with van der Waals surface area (Å²) >= 11 is 5.94. The van der Waals surface area contributed by atoms with Crippen molar-refractivity contribution in [1.82, 2.24) is 4.98 Å². The van der Waals surface area contributed by atoms with Gasteiger partial charge in [0.1, 0.15) is 0 Å². The zero-order valence-electron chi connectivity index (χ0n) is 10.9. The molecule has 1 heterocycles. The van der Waals surface area contributed by atoms with Gasteiger partial charge in [-0.2, -0.15) is 0 Å². The normalized spacial score (nSPS) is 10.7. The molecule has 0 amide bonds. The summed E-state index contributed by atoms with van der Waals surface area (Å²) in [6.07, 6.45) is 3.39. The predicted octanol–water partition coefficient (Wildman–Crippen LogP) is 4.43. The van der Waals surface area contributed by atoms with E-state index in [4.69, 9.17) is 11.6 Å². The van der Waals surface area contributed by atoms with Crippen LogP contribution >= 0.6 is 11.6 Å². The average molecular weight is 282 g/mol. The van der Waals surface area contributed by atoms with Crippen molar-refractivity contribution in [3.8, 4) is 0 Å². The Balaban J connectivity index is 2.18. The van der Waals surface area contributed by atoms with Gasteiger partial charge in [-0.1, -0.05) is 35.9 Å². The van der Waals surface area contributed by atoms with E-state index in [1.807, 2.05) is 31.2 Å². The number of halogens is 1. The molecule has 3 heteroatoms. The number of carbonyl (C=O) groups is 1. The minimum Gasteiger partial charge on any atom is -0.289 e. The van der Waals surface area contributed by atoms with Crippen LogP contribution in [-0.4, -0.2) is 10.8 Å². The number of rotatable bonds is 2. The largest absolute Gasteiger partial charge is 0.289 e. The first-order valence-electron chi connectivity index (χ1n) is 6.30. The maximum Gasteiger partial charge on any atom is 0.195 e. The van der Waals surface area contributed by atoms with Crippen molar-refractivity contribution in [3.63, 3.8) is 0 Å². The van der Waals surface area contributed by atoms with Crippen molar-refractivity contribution in [1.29, 1.82) is 0 Å². The second-order valence-electron chi connectivity index (χ2n) is 4.70. The molecule has 98 valence electrons. The molecule has 1 aromatic heterocycles. The second-order valence-corrected chi connectivity index (χ2v) is 5.13. The Hall–Kier alpha value is -2.19. The number of fused-ring (bicyclic) bond motifs is 1. The molecule has 20 heavy (non-hydrogen) atoms. The molecule has 3 rings (SSSR count). The summed E-state index contributed by atoms with van der Waals surface area (Å²) in [4.78, 5) is 16.9. The standard InChI is InChI=1S/C17H12ClNO/c1-11-8-13(18)6-7-14(11)17(20)16-10-19-9-12-4-2-3-5-15(12)16/h2-10H,1H3. The van der Waals surface area contributed by atoms with Crippen molar-refractivity contribution >= 4 is 28.2 Å². The van der Waals surface area contributed by atoms with Crippen LogP contribution in [0, 0.1) is 6.92 Å². The van der Waals surface area contributed by atoms with Crippen molar-refractivity contribution in [3.05, 3.63) is 76.6 Å². The van der Waals surface area contributed by atoms with E-state index in [2.05, 4.69) is 4.98 Å². The molecule has 0 saturated heterocycles. The SMILES string of the molecule is Cc1cc(Cl)ccc1C(=O)c1cncc2ccccc12. The van der Waals surface area contributed by atoms with E-state index < -0.39 is 0 Å². The number of pyridine rings is 1. The molecule has 0 aliphatic carbocycles. The fraction of sp³-hybridized carbons (Fsp3) is 0.0588. The lowest BCUT2D eigenvalue weighted by molar-refractivity contribution is 0.103. The van der Waals surface area contributed by atoms with Crippen LogP contribution in [0.2, 0.25) is 5.02 Å². The van der Waals surface area contributed by atoms with E-state index in [-0.39, 0.29) is 5.78 Å². The van der Waals surface area contributed by atoms with E-state index >= 15 is 0 Å². The molecule has 0 bridgehead atoms. The maximum atomic E-state index is 12.7. The fourth-order valence-corrected chi connectivity index (χ4v) is 2.55. The second kappa shape index (κ2) is 5.06. The first-order valence-corrected chi connectivity index (χ1v) is 6.68. The molecule has 0 unspecified atom stereocenters. The summed E-state index contributed by atoms with van der Waals surface area (Å²) < 4.78 is 0. The van der Waals surface area contributed by atoms with Crippen LogP contribution in [0.25, 0.3) is 10.8 Å². The number of aryl methyl sites for hydroxylation is 1. The number of nitrogens with zero attached hydrogens (tertiary/aromatic N) is 1. The van der Waals surface area contributed by atoms with Gasteiger partial charge in [0.25, 0.3) is 0 Å². The lowest BCUT2D eigenvalue weighted by Crippen LogP contribution is -2.05. The molecule has 0 N–H and O–H groups in total. The number of hydrogen-bond acceptors (Lipinski definition) is 2. The minimum absolute atomic E-state index is 0.0246. The third-order valence-corrected chi connectivity index (χ3v) is 3.58. The van der Waals surface area contributed by atoms with Crippen LogP contribution in [-0.2, 0) is 0 Å². The Morgan fingerprint density at radius 3 is 2.65 bits per heavy atom. The van der Waals surface area contributed by atoms with E-state index in [0.717, 1.165) is 16.3 Å². The van der Waals surface area contributed by atoms with Gasteiger partial charge >= 0.3 is 0 Å². The lowest BCUT2D eigenvalue weighted by atomic mass is 9.97. The quantitative estimate of drug-likeness (QED) is 0.651. The van der Waals surface area contributed by atoms with Crippen molar-refractivity contribution in [2.24, 2.45) is 0 Å². The van der Waals surface area contributed by atoms with Gasteiger partial charge in [-0.3, -0.25) is 9.78 Å². The summed E-state index contributed by atoms with van der Waals surface area (Å²) in [6, 6.07) is 13.1. The fourth-order valence-electron chi connectivity index (χ4n) is 2.32. The monoisotopic (exact) mass is 281 g/mol. The Morgan fingerprint density at radius 1 is 1.05 bits per heavy atom. The summed E-state index contributed by atoms with van der Waals surface area (Å²) in [7, 11) is 0. The molecule has 2 aromatic carbocycles. The van der Waals surface area contributed by atoms with E-state index in [0.29, 0.717) is 16.1 Å². The van der Waals surface area contributed by atoms with E-state index in [1.54, 1.807) is 30.6 Å². The van der Waals surface area contributed by atoms with Gasteiger partial charge in [-0.05, 0) is 36.1 Å². The number of aromatic nitrogens is 1. The van der Waals surface area contributed by atoms with Crippen LogP contribution < -0.4 is 0 Å². The Morgan fingerprint density at radius 2 is 1.85 bits per heavy atom. The molecule has 2 nitrogen and oxygen atoms in total. The molecule has 0 aliphatic heterocycles. The van der Waals surface area contributed by atoms with Gasteiger partial charge < -0.3 is 0 Å². The van der Waals surface area contributed by atoms with Gasteiger partial charge in [0.15, 0.2) is 5.78 Å². The zero-order chi connectivity index (χ0) is 14.1. The zero-order valence-corrected chi connectivity index (χ0v) is 11.7. The van der Waals surface area contributed by atoms with Crippen molar-refractivity contribution in [2.75, 3.05) is 0 Å². The van der Waals surface area contributed by atoms with Crippen LogP contribution in [0.3, 0.4) is 0 Å². The van der Waals surface area contributed by atoms with Gasteiger partial charge in [0, 0.05) is 33.9 Å². The van der Waals surface area contributed by atoms with Crippen LogP contribution in [0.4, 0.5) is 0 Å². The van der Waals surface area contributed by atoms with Crippen LogP contribution in [0.15, 0.2) is 54.9 Å². The van der Waals surface area contributed by atoms with Gasteiger partial charge in [-0.15, -0.1) is 0 Å². The van der Waals surface area contributed by atoms with E-state index in [9.17, 15) is 4.79 Å². The molecule has 0 radical (unpaired) electrons. The summed E-state index contributed by atoms with van der Waals surface area (Å²) in [5.74, 6) is -0.0246. The van der Waals surface area contributed by atoms with Gasteiger partial charge in [0.05, 0.1) is 0 Å². The molecular weight excluding hydrogens is 270 g/mol. The predicted molar refractivity (Wildman–Crippen MR) is 81.4 cm³/mol. The summed E-state index contributed by atoms with van der Waals surface area (Å²) in [5, 5.41) is 2.52. The smallest absolute Gasteiger partial charge is 0.195 e. The molecule has 0 aliphatic rings. The topological polar surface area (TPSA) is 30.0 Å². The highest BCUT2D eigenvalue weighted by Gasteiger charge is 2.15. The highest BCUT2D eigenvalue weighted by Crippen LogP contribution is 2.23. The number of ketones is 1. The minimum atomic E-state index is -0.0246. The number of benzene rings is 2. The van der Waals surface area contributed by atoms with Gasteiger partial charge in [-0.25, -0.2) is 0 Å². The van der Waals surface area contributed by atoms with Crippen LogP contribution in [0.1, 0.15) is 21.5 Å². The number of hydrogen-bond donors (Lipinski definition) is 0. The number of carbonyl (C=O) groups excluding carboxylic acids is 1. The van der Waals surface area contributed by atoms with Gasteiger partial charge in [0.2, 0.25) is 0 Å². The third-order valence-electron chi connectivity index (χ3n) is 3.35. The molecule has 0 atom stereocenters. The van der Waals surface area contributed by atoms with Crippen molar-refractivity contribution in [2.45, 2.75) is 6.92 Å². The molecule has 0 saturated carbocycles. The molecular formula is C17H12ClNO. The molecule has 0 fully saturated rings. The maximum absolute atomic E-state index is 12.7. The Labute approximate surface area is 122 Å². The average Bonchev–Trinajstić information content (AvgIpc) is 2.46. The van der Waals surface area contributed by atoms with Crippen LogP contribution in [0.5, 0.6) is 0 Å². The highest BCUT2D eigenvalue weighted by atomic mass is 35.5. The van der Waals surface area contributed by atoms with E-state index in [1.165, 1.54) is 0 Å². The Kier molecular flexibility index (Phi) is 3.25. The Bertz CT molecular complexity index is 806. The first kappa shape index (κ1) is 12.8.